The van der Waals surface area contributed by atoms with E-state index >= 15 is 0 Å². The molecule has 0 radical (unpaired) electrons. The molecule has 30 heavy (non-hydrogen) atoms. The molecule has 2 N–H and O–H groups in total. The summed E-state index contributed by atoms with van der Waals surface area (Å²) < 4.78 is 0. The van der Waals surface area contributed by atoms with Gasteiger partial charge in [0, 0.05) is 33.9 Å². The zero-order valence-corrected chi connectivity index (χ0v) is 21.4. The molecule has 3 rings (SSSR count). The zero-order chi connectivity index (χ0) is 20.3. The van der Waals surface area contributed by atoms with Crippen LogP contribution in [-0.4, -0.2) is 11.9 Å². The maximum atomic E-state index is 11.7. The molecule has 0 atom stereocenters. The van der Waals surface area contributed by atoms with Crippen LogP contribution >= 0.6 is 0 Å². The second-order valence-corrected chi connectivity index (χ2v) is 6.50. The fraction of sp³-hybridized carbons (Fsp3) is 0.0909. The first kappa shape index (κ1) is 26.2. The van der Waals surface area contributed by atoms with E-state index in [9.17, 15) is 19.8 Å². The van der Waals surface area contributed by atoms with E-state index in [1.807, 2.05) is 38.1 Å². The normalized spacial score (nSPS) is 9.67. The molecular weight excluding hydrogens is 402 g/mol. The molecule has 0 heterocycles. The van der Waals surface area contributed by atoms with Crippen molar-refractivity contribution < 1.29 is 78.9 Å². The third-order valence-electron chi connectivity index (χ3n) is 4.26. The van der Waals surface area contributed by atoms with Gasteiger partial charge in [0.05, 0.1) is 11.9 Å². The van der Waals surface area contributed by atoms with Crippen LogP contribution in [0.4, 0.5) is 22.7 Å². The number of hydrogen-bond donors (Lipinski definition) is 2. The van der Waals surface area contributed by atoms with Gasteiger partial charge in [-0.2, -0.15) is 0 Å². The number of carbonyl (C=O) groups is 2. The van der Waals surface area contributed by atoms with Crippen molar-refractivity contribution in [2.45, 2.75) is 13.8 Å². The van der Waals surface area contributed by atoms with Crippen molar-refractivity contribution in [3.63, 3.8) is 0 Å². The fourth-order valence-electron chi connectivity index (χ4n) is 2.73. The Bertz CT molecular complexity index is 951. The van der Waals surface area contributed by atoms with Crippen LogP contribution in [0.1, 0.15) is 31.8 Å². The van der Waals surface area contributed by atoms with Crippen molar-refractivity contribution in [2.75, 3.05) is 10.6 Å². The van der Waals surface area contributed by atoms with Crippen LogP contribution in [0, 0.1) is 13.8 Å². The van der Waals surface area contributed by atoms with Gasteiger partial charge in [-0.25, -0.2) is 0 Å². The summed E-state index contributed by atoms with van der Waals surface area (Å²) in [5, 5.41) is 29.2. The summed E-state index contributed by atoms with van der Waals surface area (Å²) in [6, 6.07) is 17.0. The number of nitrogens with one attached hydrogen (secondary N) is 2. The number of carboxylic acid groups (broad SMARTS) is 2. The minimum atomic E-state index is -1.42. The van der Waals surface area contributed by atoms with Crippen molar-refractivity contribution in [1.29, 1.82) is 0 Å². The van der Waals surface area contributed by atoms with Crippen LogP contribution in [0.3, 0.4) is 0 Å². The zero-order valence-electron chi connectivity index (χ0n) is 17.4. The van der Waals surface area contributed by atoms with Gasteiger partial charge in [0.2, 0.25) is 0 Å². The van der Waals surface area contributed by atoms with E-state index < -0.39 is 11.9 Å². The summed E-state index contributed by atoms with van der Waals surface area (Å²) in [6.07, 6.45) is 0. The van der Waals surface area contributed by atoms with Gasteiger partial charge in [0.25, 0.3) is 0 Å². The van der Waals surface area contributed by atoms with Crippen LogP contribution in [0.15, 0.2) is 60.7 Å². The summed E-state index contributed by atoms with van der Waals surface area (Å²) in [4.78, 5) is 23.3. The number of aryl methyl sites for hydroxylation is 2. The molecule has 0 saturated carbocycles. The predicted molar refractivity (Wildman–Crippen MR) is 104 cm³/mol. The minimum absolute atomic E-state index is 0. The Balaban J connectivity index is 0.00000225. The molecule has 3 aromatic carbocycles. The number of anilines is 4. The molecule has 142 valence electrons. The van der Waals surface area contributed by atoms with Gasteiger partial charge in [0.1, 0.15) is 0 Å². The predicted octanol–water partition coefficient (Wildman–Crippen LogP) is -3.47. The largest absolute Gasteiger partial charge is 1.00 e. The van der Waals surface area contributed by atoms with Crippen molar-refractivity contribution in [3.8, 4) is 0 Å². The molecule has 3 aromatic rings. The van der Waals surface area contributed by atoms with E-state index in [1.165, 1.54) is 12.1 Å². The molecule has 0 amide bonds. The topological polar surface area (TPSA) is 104 Å². The number of carbonyl (C=O) groups excluding carboxylic acids is 2. The fourth-order valence-corrected chi connectivity index (χ4v) is 2.73. The monoisotopic (exact) mass is 420 g/mol. The smallest absolute Gasteiger partial charge is 0.545 e. The molecule has 0 aliphatic rings. The molecule has 8 heteroatoms. The van der Waals surface area contributed by atoms with E-state index in [1.54, 1.807) is 24.3 Å². The van der Waals surface area contributed by atoms with E-state index in [2.05, 4.69) is 10.6 Å². The van der Waals surface area contributed by atoms with Crippen LogP contribution < -0.4 is 80.0 Å². The summed E-state index contributed by atoms with van der Waals surface area (Å²) >= 11 is 0. The maximum absolute atomic E-state index is 11.7. The van der Waals surface area contributed by atoms with E-state index in [0.29, 0.717) is 11.4 Å². The Hall–Kier alpha value is -1.80. The van der Waals surface area contributed by atoms with Crippen LogP contribution in [0.25, 0.3) is 0 Å². The number of carboxylic acids is 2. The third-order valence-corrected chi connectivity index (χ3v) is 4.26. The molecule has 0 saturated heterocycles. The molecule has 0 bridgehead atoms. The number of hydrogen-bond acceptors (Lipinski definition) is 6. The number of benzene rings is 3. The second kappa shape index (κ2) is 11.6. The third kappa shape index (κ3) is 6.60. The van der Waals surface area contributed by atoms with Gasteiger partial charge in [-0.1, -0.05) is 35.4 Å². The molecular formula is C22H18N2Na2O4. The molecule has 0 fully saturated rings. The second-order valence-electron chi connectivity index (χ2n) is 6.50. The average molecular weight is 420 g/mol. The summed E-state index contributed by atoms with van der Waals surface area (Å²) in [5.41, 5.74) is 3.21. The molecule has 0 aliphatic carbocycles. The van der Waals surface area contributed by atoms with Gasteiger partial charge in [-0.05, 0) is 50.2 Å². The van der Waals surface area contributed by atoms with Gasteiger partial charge >= 0.3 is 59.1 Å². The van der Waals surface area contributed by atoms with Crippen molar-refractivity contribution in [2.24, 2.45) is 0 Å². The minimum Gasteiger partial charge on any atom is -0.545 e. The Morgan fingerprint density at radius 2 is 0.933 bits per heavy atom. The van der Waals surface area contributed by atoms with Gasteiger partial charge in [-0.15, -0.1) is 0 Å². The SMILES string of the molecule is Cc1ccc(Nc2cc(C(=O)[O-])c(Nc3ccc(C)cc3)cc2C(=O)[O-])cc1.[Na+].[Na+]. The van der Waals surface area contributed by atoms with E-state index in [0.717, 1.165) is 11.1 Å². The first-order chi connectivity index (χ1) is 13.3. The summed E-state index contributed by atoms with van der Waals surface area (Å²) in [6.45, 7) is 3.85. The number of aromatic carboxylic acids is 2. The first-order valence-electron chi connectivity index (χ1n) is 8.61. The van der Waals surface area contributed by atoms with Crippen LogP contribution in [0.5, 0.6) is 0 Å². The Labute approximate surface area is 219 Å². The molecule has 6 nitrogen and oxygen atoms in total. The Kier molecular flexibility index (Phi) is 10.1. The number of rotatable bonds is 6. The summed E-state index contributed by atoms with van der Waals surface area (Å²) in [5.74, 6) is -2.85. The van der Waals surface area contributed by atoms with E-state index in [-0.39, 0.29) is 81.6 Å². The Morgan fingerprint density at radius 1 is 0.633 bits per heavy atom. The molecule has 0 aliphatic heterocycles. The van der Waals surface area contributed by atoms with Crippen LogP contribution in [0.2, 0.25) is 0 Å². The van der Waals surface area contributed by atoms with Gasteiger partial charge in [-0.3, -0.25) is 0 Å². The quantitative estimate of drug-likeness (QED) is 0.402. The van der Waals surface area contributed by atoms with Crippen molar-refractivity contribution in [1.82, 2.24) is 0 Å². The van der Waals surface area contributed by atoms with E-state index in [4.69, 9.17) is 0 Å². The molecule has 0 aromatic heterocycles. The maximum Gasteiger partial charge on any atom is 1.00 e. The average Bonchev–Trinajstić information content (AvgIpc) is 2.66. The van der Waals surface area contributed by atoms with Crippen LogP contribution in [-0.2, 0) is 0 Å². The van der Waals surface area contributed by atoms with Gasteiger partial charge in [0.15, 0.2) is 0 Å². The first-order valence-corrected chi connectivity index (χ1v) is 8.61. The Morgan fingerprint density at radius 3 is 1.20 bits per heavy atom. The molecule has 0 spiro atoms. The standard InChI is InChI=1S/C22H20N2O4.2Na/c1-13-3-7-15(8-4-13)23-19-11-18(22(27)28)20(12-17(19)21(25)26)24-16-9-5-14(2)6-10-16;;/h3-12,23-24H,1-2H3,(H,25,26)(H,27,28);;/q;2*+1/p-2. The molecule has 0 unspecified atom stereocenters. The summed E-state index contributed by atoms with van der Waals surface area (Å²) in [7, 11) is 0. The van der Waals surface area contributed by atoms with Crippen molar-refractivity contribution >= 4 is 34.7 Å². The van der Waals surface area contributed by atoms with Crippen molar-refractivity contribution in [3.05, 3.63) is 82.9 Å². The van der Waals surface area contributed by atoms with Gasteiger partial charge < -0.3 is 30.4 Å².